The normalized spacial score (nSPS) is 19.3. The van der Waals surface area contributed by atoms with Gasteiger partial charge in [0.05, 0.1) is 18.4 Å². The number of nitrogens with zero attached hydrogens (tertiary/aromatic N) is 4. The second-order valence-electron chi connectivity index (χ2n) is 7.87. The van der Waals surface area contributed by atoms with E-state index >= 15 is 0 Å². The molecule has 0 bridgehead atoms. The number of aromatic nitrogens is 3. The van der Waals surface area contributed by atoms with E-state index in [1.807, 2.05) is 12.1 Å². The molecule has 1 aromatic carbocycles. The minimum Gasteiger partial charge on any atom is -0.374 e. The first-order valence-corrected chi connectivity index (χ1v) is 10.1. The maximum Gasteiger partial charge on any atom is 0.255 e. The molecule has 6 heteroatoms. The lowest BCUT2D eigenvalue weighted by Crippen LogP contribution is -2.48. The Morgan fingerprint density at radius 3 is 2.52 bits per heavy atom. The molecule has 29 heavy (non-hydrogen) atoms. The zero-order valence-corrected chi connectivity index (χ0v) is 16.5. The molecule has 3 aromatic rings. The van der Waals surface area contributed by atoms with Crippen LogP contribution in [0.15, 0.2) is 59.7 Å². The number of ether oxygens (including phenoxy) is 1. The van der Waals surface area contributed by atoms with Gasteiger partial charge in [0.25, 0.3) is 5.56 Å². The van der Waals surface area contributed by atoms with Gasteiger partial charge in [0.15, 0.2) is 0 Å². The van der Waals surface area contributed by atoms with Gasteiger partial charge in [-0.2, -0.15) is 0 Å². The Kier molecular flexibility index (Phi) is 4.64. The standard InChI is InChI=1S/C23H24N4O2/c1-26-22(28)14-20(16-6-8-24-9-7-16)25-23(26)27-10-11-29-21(15-27)19-12-17-4-2-3-5-18(17)13-19/h2-9,14,19,21H,10-13,15H2,1H3. The van der Waals surface area contributed by atoms with Crippen LogP contribution in [0.5, 0.6) is 0 Å². The van der Waals surface area contributed by atoms with Gasteiger partial charge in [-0.15, -0.1) is 0 Å². The molecule has 1 aliphatic heterocycles. The van der Waals surface area contributed by atoms with Crippen molar-refractivity contribution in [1.82, 2.24) is 14.5 Å². The van der Waals surface area contributed by atoms with Gasteiger partial charge in [0.2, 0.25) is 5.95 Å². The van der Waals surface area contributed by atoms with Gasteiger partial charge in [-0.1, -0.05) is 24.3 Å². The summed E-state index contributed by atoms with van der Waals surface area (Å²) in [6, 6.07) is 14.0. The molecule has 3 heterocycles. The van der Waals surface area contributed by atoms with E-state index < -0.39 is 0 Å². The summed E-state index contributed by atoms with van der Waals surface area (Å²) < 4.78 is 7.80. The molecule has 1 fully saturated rings. The smallest absolute Gasteiger partial charge is 0.255 e. The first-order chi connectivity index (χ1) is 14.2. The lowest BCUT2D eigenvalue weighted by Gasteiger charge is -2.37. The van der Waals surface area contributed by atoms with Gasteiger partial charge in [-0.05, 0) is 42.0 Å². The highest BCUT2D eigenvalue weighted by molar-refractivity contribution is 5.59. The first-order valence-electron chi connectivity index (χ1n) is 10.1. The van der Waals surface area contributed by atoms with E-state index in [0.717, 1.165) is 31.5 Å². The monoisotopic (exact) mass is 388 g/mol. The molecule has 2 aromatic heterocycles. The second kappa shape index (κ2) is 7.44. The maximum atomic E-state index is 12.6. The van der Waals surface area contributed by atoms with Gasteiger partial charge in [0, 0.05) is 44.2 Å². The molecule has 1 aliphatic carbocycles. The second-order valence-corrected chi connectivity index (χ2v) is 7.87. The summed E-state index contributed by atoms with van der Waals surface area (Å²) in [6.45, 7) is 2.13. The summed E-state index contributed by atoms with van der Waals surface area (Å²) in [5.41, 5.74) is 4.39. The highest BCUT2D eigenvalue weighted by atomic mass is 16.5. The summed E-state index contributed by atoms with van der Waals surface area (Å²) in [5, 5.41) is 0. The van der Waals surface area contributed by atoms with Crippen LogP contribution in [0.1, 0.15) is 11.1 Å². The van der Waals surface area contributed by atoms with E-state index in [1.54, 1.807) is 30.1 Å². The fraction of sp³-hybridized carbons (Fsp3) is 0.348. The van der Waals surface area contributed by atoms with Crippen molar-refractivity contribution in [2.75, 3.05) is 24.6 Å². The molecular formula is C23H24N4O2. The number of hydrogen-bond donors (Lipinski definition) is 0. The maximum absolute atomic E-state index is 12.6. The Morgan fingerprint density at radius 2 is 1.79 bits per heavy atom. The molecule has 1 atom stereocenters. The van der Waals surface area contributed by atoms with Crippen molar-refractivity contribution in [3.05, 3.63) is 76.3 Å². The molecule has 0 saturated carbocycles. The number of fused-ring (bicyclic) bond motifs is 1. The Morgan fingerprint density at radius 1 is 1.07 bits per heavy atom. The average molecular weight is 388 g/mol. The Balaban J connectivity index is 1.41. The van der Waals surface area contributed by atoms with E-state index in [1.165, 1.54) is 11.1 Å². The quantitative estimate of drug-likeness (QED) is 0.690. The number of morpholine rings is 1. The van der Waals surface area contributed by atoms with Crippen molar-refractivity contribution < 1.29 is 4.74 Å². The highest BCUT2D eigenvalue weighted by Crippen LogP contribution is 2.32. The summed E-state index contributed by atoms with van der Waals surface area (Å²) in [5.74, 6) is 1.17. The van der Waals surface area contributed by atoms with Crippen LogP contribution in [0, 0.1) is 5.92 Å². The Bertz CT molecular complexity index is 1050. The van der Waals surface area contributed by atoms with Crippen molar-refractivity contribution >= 4 is 5.95 Å². The van der Waals surface area contributed by atoms with Crippen LogP contribution < -0.4 is 10.5 Å². The van der Waals surface area contributed by atoms with Crippen molar-refractivity contribution in [2.45, 2.75) is 18.9 Å². The van der Waals surface area contributed by atoms with Crippen molar-refractivity contribution in [3.63, 3.8) is 0 Å². The van der Waals surface area contributed by atoms with Gasteiger partial charge in [0.1, 0.15) is 0 Å². The first kappa shape index (κ1) is 18.1. The molecule has 0 N–H and O–H groups in total. The minimum absolute atomic E-state index is 0.0573. The van der Waals surface area contributed by atoms with Crippen LogP contribution >= 0.6 is 0 Å². The lowest BCUT2D eigenvalue weighted by molar-refractivity contribution is 0.00357. The van der Waals surface area contributed by atoms with E-state index in [4.69, 9.17) is 9.72 Å². The van der Waals surface area contributed by atoms with Gasteiger partial charge in [-0.3, -0.25) is 14.3 Å². The third kappa shape index (κ3) is 3.44. The highest BCUT2D eigenvalue weighted by Gasteiger charge is 2.33. The van der Waals surface area contributed by atoms with Crippen LogP contribution in [-0.2, 0) is 24.6 Å². The van der Waals surface area contributed by atoms with E-state index in [9.17, 15) is 4.79 Å². The SMILES string of the molecule is Cn1c(N2CCOC(C3Cc4ccccc4C3)C2)nc(-c2ccncc2)cc1=O. The predicted molar refractivity (Wildman–Crippen MR) is 112 cm³/mol. The topological polar surface area (TPSA) is 60.2 Å². The molecule has 0 spiro atoms. The van der Waals surface area contributed by atoms with Crippen LogP contribution in [0.4, 0.5) is 5.95 Å². The van der Waals surface area contributed by atoms with Crippen LogP contribution in [0.3, 0.4) is 0 Å². The summed E-state index contributed by atoms with van der Waals surface area (Å²) in [4.78, 5) is 23.7. The van der Waals surface area contributed by atoms with Crippen molar-refractivity contribution in [3.8, 4) is 11.3 Å². The zero-order valence-electron chi connectivity index (χ0n) is 16.5. The Labute approximate surface area is 169 Å². The summed E-state index contributed by atoms with van der Waals surface area (Å²) in [7, 11) is 1.79. The molecule has 6 nitrogen and oxygen atoms in total. The average Bonchev–Trinajstić information content (AvgIpc) is 3.21. The summed E-state index contributed by atoms with van der Waals surface area (Å²) in [6.07, 6.45) is 5.68. The van der Waals surface area contributed by atoms with E-state index in [0.29, 0.717) is 24.2 Å². The predicted octanol–water partition coefficient (Wildman–Crippen LogP) is 2.46. The molecule has 148 valence electrons. The van der Waals surface area contributed by atoms with Crippen LogP contribution in [0.2, 0.25) is 0 Å². The van der Waals surface area contributed by atoms with E-state index in [2.05, 4.69) is 34.1 Å². The molecule has 1 saturated heterocycles. The number of hydrogen-bond acceptors (Lipinski definition) is 5. The number of benzene rings is 1. The molecule has 0 amide bonds. The fourth-order valence-corrected chi connectivity index (χ4v) is 4.48. The molecule has 0 radical (unpaired) electrons. The van der Waals surface area contributed by atoms with Crippen molar-refractivity contribution in [1.29, 1.82) is 0 Å². The van der Waals surface area contributed by atoms with Crippen LogP contribution in [-0.4, -0.2) is 40.3 Å². The lowest BCUT2D eigenvalue weighted by atomic mass is 9.97. The van der Waals surface area contributed by atoms with Gasteiger partial charge in [-0.25, -0.2) is 4.98 Å². The third-order valence-electron chi connectivity index (χ3n) is 6.07. The van der Waals surface area contributed by atoms with Crippen LogP contribution in [0.25, 0.3) is 11.3 Å². The Hall–Kier alpha value is -2.99. The summed E-state index contributed by atoms with van der Waals surface area (Å²) >= 11 is 0. The number of rotatable bonds is 3. The van der Waals surface area contributed by atoms with Gasteiger partial charge >= 0.3 is 0 Å². The minimum atomic E-state index is -0.0573. The number of pyridine rings is 1. The molecule has 2 aliphatic rings. The van der Waals surface area contributed by atoms with E-state index in [-0.39, 0.29) is 11.7 Å². The molecular weight excluding hydrogens is 364 g/mol. The van der Waals surface area contributed by atoms with Gasteiger partial charge < -0.3 is 9.64 Å². The fourth-order valence-electron chi connectivity index (χ4n) is 4.48. The number of anilines is 1. The third-order valence-corrected chi connectivity index (χ3v) is 6.07. The zero-order chi connectivity index (χ0) is 19.8. The van der Waals surface area contributed by atoms with Crippen molar-refractivity contribution in [2.24, 2.45) is 13.0 Å². The largest absolute Gasteiger partial charge is 0.374 e. The molecule has 1 unspecified atom stereocenters. The molecule has 5 rings (SSSR count).